The van der Waals surface area contributed by atoms with Crippen molar-refractivity contribution in [1.82, 2.24) is 15.1 Å². The zero-order chi connectivity index (χ0) is 23.1. The summed E-state index contributed by atoms with van der Waals surface area (Å²) < 4.78 is 0. The lowest BCUT2D eigenvalue weighted by atomic mass is 9.70. The minimum Gasteiger partial charge on any atom is -0.356 e. The largest absolute Gasteiger partial charge is 0.356 e. The van der Waals surface area contributed by atoms with Gasteiger partial charge in [0, 0.05) is 44.7 Å². The quantitative estimate of drug-likeness (QED) is 0.710. The van der Waals surface area contributed by atoms with Crippen LogP contribution in [0.4, 0.5) is 0 Å². The highest BCUT2D eigenvalue weighted by atomic mass is 16.2. The number of rotatable bonds is 7. The summed E-state index contributed by atoms with van der Waals surface area (Å²) in [6.07, 6.45) is 1.86. The summed E-state index contributed by atoms with van der Waals surface area (Å²) in [6, 6.07) is 20.7. The Balaban J connectivity index is 1.30. The molecule has 2 aromatic rings. The highest BCUT2D eigenvalue weighted by molar-refractivity contribution is 5.92. The molecule has 1 aliphatic carbocycles. The van der Waals surface area contributed by atoms with E-state index in [2.05, 4.69) is 60.5 Å². The number of benzene rings is 2. The van der Waals surface area contributed by atoms with Crippen molar-refractivity contribution >= 4 is 11.8 Å². The maximum atomic E-state index is 13.5. The van der Waals surface area contributed by atoms with Crippen molar-refractivity contribution in [2.24, 2.45) is 17.3 Å². The fraction of sp³-hybridized carbons (Fsp3) is 0.500. The van der Waals surface area contributed by atoms with Gasteiger partial charge in [-0.25, -0.2) is 0 Å². The van der Waals surface area contributed by atoms with E-state index in [1.807, 2.05) is 29.2 Å². The summed E-state index contributed by atoms with van der Waals surface area (Å²) in [6.45, 7) is 8.78. The van der Waals surface area contributed by atoms with Crippen LogP contribution >= 0.6 is 0 Å². The van der Waals surface area contributed by atoms with Gasteiger partial charge in [-0.05, 0) is 29.9 Å². The van der Waals surface area contributed by atoms with Crippen molar-refractivity contribution in [1.29, 1.82) is 0 Å². The molecule has 1 spiro atoms. The van der Waals surface area contributed by atoms with Gasteiger partial charge in [-0.2, -0.15) is 0 Å². The number of hydrogen-bond acceptors (Lipinski definition) is 3. The fourth-order valence-electron chi connectivity index (χ4n) is 5.81. The molecule has 5 nitrogen and oxygen atoms in total. The molecule has 0 aromatic heterocycles. The first-order valence-electron chi connectivity index (χ1n) is 12.3. The van der Waals surface area contributed by atoms with Gasteiger partial charge in [0.05, 0.1) is 11.3 Å². The van der Waals surface area contributed by atoms with E-state index in [-0.39, 0.29) is 28.6 Å². The number of carbonyl (C=O) groups excluding carboxylic acids is 2. The highest BCUT2D eigenvalue weighted by Gasteiger charge is 2.62. The maximum Gasteiger partial charge on any atom is 0.233 e. The van der Waals surface area contributed by atoms with Crippen LogP contribution in [-0.2, 0) is 21.5 Å². The Morgan fingerprint density at radius 1 is 0.970 bits per heavy atom. The van der Waals surface area contributed by atoms with Crippen molar-refractivity contribution in [2.75, 3.05) is 32.7 Å². The van der Waals surface area contributed by atoms with E-state index in [4.69, 9.17) is 0 Å². The third-order valence-corrected chi connectivity index (χ3v) is 7.75. The molecule has 3 aliphatic rings. The van der Waals surface area contributed by atoms with E-state index < -0.39 is 0 Å². The second kappa shape index (κ2) is 8.60. The smallest absolute Gasteiger partial charge is 0.233 e. The van der Waals surface area contributed by atoms with Gasteiger partial charge in [-0.3, -0.25) is 14.5 Å². The molecular formula is C28H35N3O2. The summed E-state index contributed by atoms with van der Waals surface area (Å²) in [5, 5.41) is 3.18. The number of nitrogens with zero attached hydrogens (tertiary/aromatic N) is 2. The van der Waals surface area contributed by atoms with Crippen molar-refractivity contribution in [3.05, 3.63) is 71.8 Å². The van der Waals surface area contributed by atoms with Crippen LogP contribution < -0.4 is 5.32 Å². The molecule has 2 aromatic carbocycles. The van der Waals surface area contributed by atoms with Crippen LogP contribution in [0, 0.1) is 17.3 Å². The predicted molar refractivity (Wildman–Crippen MR) is 129 cm³/mol. The van der Waals surface area contributed by atoms with Crippen LogP contribution in [-0.4, -0.2) is 54.3 Å². The first kappa shape index (κ1) is 22.1. The van der Waals surface area contributed by atoms with Gasteiger partial charge in [0.2, 0.25) is 11.8 Å². The molecule has 2 heterocycles. The van der Waals surface area contributed by atoms with Crippen molar-refractivity contribution in [3.63, 3.8) is 0 Å². The predicted octanol–water partition coefficient (Wildman–Crippen LogP) is 3.45. The van der Waals surface area contributed by atoms with Gasteiger partial charge in [0.15, 0.2) is 0 Å². The normalized spacial score (nSPS) is 22.9. The summed E-state index contributed by atoms with van der Waals surface area (Å²) in [5.41, 5.74) is 1.93. The Labute approximate surface area is 197 Å². The molecule has 2 aliphatic heterocycles. The first-order chi connectivity index (χ1) is 15.9. The average Bonchev–Trinajstić information content (AvgIpc) is 3.53. The molecule has 5 rings (SSSR count). The Hall–Kier alpha value is -2.66. The van der Waals surface area contributed by atoms with E-state index in [1.165, 1.54) is 5.56 Å². The molecule has 0 bridgehead atoms. The molecule has 3 fully saturated rings. The molecule has 1 atom stereocenters. The van der Waals surface area contributed by atoms with Crippen molar-refractivity contribution < 1.29 is 9.59 Å². The lowest BCUT2D eigenvalue weighted by Gasteiger charge is -2.51. The second-order valence-electron chi connectivity index (χ2n) is 10.8. The van der Waals surface area contributed by atoms with Gasteiger partial charge in [-0.15, -0.1) is 0 Å². The van der Waals surface area contributed by atoms with Crippen LogP contribution in [0.1, 0.15) is 37.8 Å². The highest BCUT2D eigenvalue weighted by Crippen LogP contribution is 2.53. The lowest BCUT2D eigenvalue weighted by Crippen LogP contribution is -2.65. The minimum absolute atomic E-state index is 0.0732. The molecule has 0 radical (unpaired) electrons. The molecular weight excluding hydrogens is 410 g/mol. The standard InChI is InChI=1S/C28H35N3O2/c1-21(2)15-29-25(32)24-17-30(16-22-9-5-3-6-10-22)18-27(24)19-31(20-27)26(33)28(13-14-28)23-11-7-4-8-12-23/h3-12,21,24H,13-20H2,1-2H3,(H,29,32). The van der Waals surface area contributed by atoms with E-state index in [1.54, 1.807) is 0 Å². The molecule has 2 amide bonds. The molecule has 1 N–H and O–H groups in total. The number of amides is 2. The monoisotopic (exact) mass is 445 g/mol. The minimum atomic E-state index is -0.333. The van der Waals surface area contributed by atoms with Gasteiger partial charge in [0.25, 0.3) is 0 Å². The number of likely N-dealkylation sites (tertiary alicyclic amines) is 2. The summed E-state index contributed by atoms with van der Waals surface area (Å²) in [5.74, 6) is 0.750. The van der Waals surface area contributed by atoms with Gasteiger partial charge in [0.1, 0.15) is 0 Å². The van der Waals surface area contributed by atoms with Crippen LogP contribution in [0.5, 0.6) is 0 Å². The SMILES string of the molecule is CC(C)CNC(=O)C1CN(Cc2ccccc2)CC12CN(C(=O)C1(c3ccccc3)CC1)C2. The Bertz CT molecular complexity index is 994. The molecule has 5 heteroatoms. The fourth-order valence-corrected chi connectivity index (χ4v) is 5.81. The summed E-state index contributed by atoms with van der Waals surface area (Å²) >= 11 is 0. The topological polar surface area (TPSA) is 52.7 Å². The number of hydrogen-bond donors (Lipinski definition) is 1. The first-order valence-corrected chi connectivity index (χ1v) is 12.3. The van der Waals surface area contributed by atoms with Crippen molar-refractivity contribution in [3.8, 4) is 0 Å². The van der Waals surface area contributed by atoms with E-state index in [0.717, 1.165) is 38.0 Å². The van der Waals surface area contributed by atoms with Gasteiger partial charge < -0.3 is 10.2 Å². The number of nitrogens with one attached hydrogen (secondary N) is 1. The Morgan fingerprint density at radius 2 is 1.61 bits per heavy atom. The van der Waals surface area contributed by atoms with Gasteiger partial charge in [-0.1, -0.05) is 74.5 Å². The Kier molecular flexibility index (Phi) is 5.77. The second-order valence-corrected chi connectivity index (χ2v) is 10.8. The van der Waals surface area contributed by atoms with Crippen LogP contribution in [0.15, 0.2) is 60.7 Å². The van der Waals surface area contributed by atoms with E-state index in [0.29, 0.717) is 25.6 Å². The summed E-state index contributed by atoms with van der Waals surface area (Å²) in [4.78, 5) is 31.2. The Morgan fingerprint density at radius 3 is 2.21 bits per heavy atom. The van der Waals surface area contributed by atoms with Crippen LogP contribution in [0.3, 0.4) is 0 Å². The van der Waals surface area contributed by atoms with Crippen molar-refractivity contribution in [2.45, 2.75) is 38.6 Å². The maximum absolute atomic E-state index is 13.5. The zero-order valence-corrected chi connectivity index (χ0v) is 19.8. The zero-order valence-electron chi connectivity index (χ0n) is 19.8. The average molecular weight is 446 g/mol. The third kappa shape index (κ3) is 4.19. The third-order valence-electron chi connectivity index (χ3n) is 7.75. The molecule has 2 saturated heterocycles. The molecule has 33 heavy (non-hydrogen) atoms. The lowest BCUT2D eigenvalue weighted by molar-refractivity contribution is -0.152. The molecule has 174 valence electrons. The summed E-state index contributed by atoms with van der Waals surface area (Å²) in [7, 11) is 0. The number of carbonyl (C=O) groups is 2. The van der Waals surface area contributed by atoms with E-state index >= 15 is 0 Å². The van der Waals surface area contributed by atoms with Gasteiger partial charge >= 0.3 is 0 Å². The molecule has 1 unspecified atom stereocenters. The van der Waals surface area contributed by atoms with Crippen LogP contribution in [0.25, 0.3) is 0 Å². The molecule has 1 saturated carbocycles. The van der Waals surface area contributed by atoms with Crippen LogP contribution in [0.2, 0.25) is 0 Å². The van der Waals surface area contributed by atoms with E-state index in [9.17, 15) is 9.59 Å².